The molecule has 0 radical (unpaired) electrons. The van der Waals surface area contributed by atoms with Crippen molar-refractivity contribution in [1.82, 2.24) is 0 Å². The van der Waals surface area contributed by atoms with E-state index in [1.807, 2.05) is 0 Å². The Bertz CT molecular complexity index is 147. The van der Waals surface area contributed by atoms with Crippen molar-refractivity contribution in [3.63, 3.8) is 0 Å². The van der Waals surface area contributed by atoms with Crippen LogP contribution in [0.1, 0.15) is 0 Å². The predicted molar refractivity (Wildman–Crippen MR) is 47.5 cm³/mol. The Balaban J connectivity index is 2.66. The van der Waals surface area contributed by atoms with Gasteiger partial charge in [0.15, 0.2) is 6.29 Å². The van der Waals surface area contributed by atoms with Gasteiger partial charge >= 0.3 is 0 Å². The second-order valence-corrected chi connectivity index (χ2v) is 3.30. The molecule has 1 aliphatic heterocycles. The summed E-state index contributed by atoms with van der Waals surface area (Å²) in [4.78, 5) is 0. The molecule has 4 unspecified atom stereocenters. The number of hydrogen-bond donors (Lipinski definition) is 4. The molecule has 5 atom stereocenters. The molecule has 0 aromatic heterocycles. The molecule has 0 aliphatic carbocycles. The summed E-state index contributed by atoms with van der Waals surface area (Å²) in [5, 5.41) is 28.1. The first kappa shape index (κ1) is 11.2. The third-order valence-electron chi connectivity index (χ3n) is 2.08. The number of aliphatic hydroxyl groups excluding tert-OH is 3. The Hall–Kier alpha value is 0.150. The first-order valence-electron chi connectivity index (χ1n) is 3.95. The van der Waals surface area contributed by atoms with E-state index in [1.54, 1.807) is 0 Å². The van der Waals surface area contributed by atoms with Crippen molar-refractivity contribution < 1.29 is 24.8 Å². The largest absolute Gasteiger partial charge is 0.388 e. The lowest BCUT2D eigenvalue weighted by Crippen LogP contribution is -2.58. The molecule has 1 heterocycles. The summed E-state index contributed by atoms with van der Waals surface area (Å²) in [5.41, 5.74) is 0. The fraction of sp³-hybridized carbons (Fsp3) is 1.00. The second-order valence-electron chi connectivity index (χ2n) is 2.93. The smallest absolute Gasteiger partial charge is 0.186 e. The standard InChI is InChI=1S/C7H14O5S/c1-11-7-6(10)5(9)4(8)3(2-13)12-7/h3-10,13H,2H2,1H3/t3?,4-,5?,6?,7?/m0/s1. The summed E-state index contributed by atoms with van der Waals surface area (Å²) in [6, 6.07) is 0. The molecule has 0 aromatic carbocycles. The molecule has 0 saturated carbocycles. The van der Waals surface area contributed by atoms with E-state index in [-0.39, 0.29) is 5.75 Å². The van der Waals surface area contributed by atoms with Gasteiger partial charge in [-0.3, -0.25) is 0 Å². The van der Waals surface area contributed by atoms with E-state index in [4.69, 9.17) is 9.47 Å². The van der Waals surface area contributed by atoms with Crippen LogP contribution in [0, 0.1) is 0 Å². The third kappa shape index (κ3) is 2.15. The van der Waals surface area contributed by atoms with Crippen molar-refractivity contribution in [3.05, 3.63) is 0 Å². The van der Waals surface area contributed by atoms with Crippen LogP contribution >= 0.6 is 12.6 Å². The Kier molecular flexibility index (Phi) is 3.96. The molecule has 0 spiro atoms. The predicted octanol–water partition coefficient (Wildman–Crippen LogP) is -1.63. The molecule has 78 valence electrons. The summed E-state index contributed by atoms with van der Waals surface area (Å²) >= 11 is 3.94. The molecular weight excluding hydrogens is 196 g/mol. The summed E-state index contributed by atoms with van der Waals surface area (Å²) in [7, 11) is 1.36. The molecule has 1 fully saturated rings. The van der Waals surface area contributed by atoms with Gasteiger partial charge in [0.1, 0.15) is 18.3 Å². The third-order valence-corrected chi connectivity index (χ3v) is 2.44. The van der Waals surface area contributed by atoms with Gasteiger partial charge in [-0.1, -0.05) is 0 Å². The maximum Gasteiger partial charge on any atom is 0.186 e. The topological polar surface area (TPSA) is 79.2 Å². The lowest BCUT2D eigenvalue weighted by Gasteiger charge is -2.39. The zero-order chi connectivity index (χ0) is 10.0. The van der Waals surface area contributed by atoms with Gasteiger partial charge in [0, 0.05) is 12.9 Å². The molecular formula is C7H14O5S. The first-order chi connectivity index (χ1) is 6.11. The van der Waals surface area contributed by atoms with Gasteiger partial charge in [-0.25, -0.2) is 0 Å². The summed E-state index contributed by atoms with van der Waals surface area (Å²) in [6.07, 6.45) is -5.13. The van der Waals surface area contributed by atoms with E-state index in [0.717, 1.165) is 0 Å². The van der Waals surface area contributed by atoms with E-state index in [1.165, 1.54) is 7.11 Å². The number of ether oxygens (including phenoxy) is 2. The van der Waals surface area contributed by atoms with Gasteiger partial charge in [-0.15, -0.1) is 0 Å². The molecule has 1 saturated heterocycles. The number of rotatable bonds is 2. The highest BCUT2D eigenvalue weighted by molar-refractivity contribution is 7.80. The zero-order valence-corrected chi connectivity index (χ0v) is 8.09. The Morgan fingerprint density at radius 2 is 1.85 bits per heavy atom. The van der Waals surface area contributed by atoms with Crippen LogP contribution in [0.25, 0.3) is 0 Å². The molecule has 5 nitrogen and oxygen atoms in total. The van der Waals surface area contributed by atoms with Crippen molar-refractivity contribution in [2.24, 2.45) is 0 Å². The molecule has 1 rings (SSSR count). The number of thiol groups is 1. The van der Waals surface area contributed by atoms with E-state index >= 15 is 0 Å². The molecule has 0 aromatic rings. The second kappa shape index (κ2) is 4.59. The maximum atomic E-state index is 9.38. The monoisotopic (exact) mass is 210 g/mol. The van der Waals surface area contributed by atoms with Gasteiger partial charge < -0.3 is 24.8 Å². The van der Waals surface area contributed by atoms with Crippen molar-refractivity contribution in [3.8, 4) is 0 Å². The minimum Gasteiger partial charge on any atom is -0.388 e. The van der Waals surface area contributed by atoms with E-state index in [2.05, 4.69) is 12.6 Å². The molecule has 1 aliphatic rings. The van der Waals surface area contributed by atoms with Crippen LogP contribution in [0.5, 0.6) is 0 Å². The highest BCUT2D eigenvalue weighted by Crippen LogP contribution is 2.21. The lowest BCUT2D eigenvalue weighted by molar-refractivity contribution is -0.284. The number of hydrogen-bond acceptors (Lipinski definition) is 6. The zero-order valence-electron chi connectivity index (χ0n) is 7.20. The fourth-order valence-electron chi connectivity index (χ4n) is 1.26. The average Bonchev–Trinajstić information content (AvgIpc) is 2.15. The van der Waals surface area contributed by atoms with Crippen LogP contribution in [0.4, 0.5) is 0 Å². The van der Waals surface area contributed by atoms with Gasteiger partial charge in [0.05, 0.1) is 6.10 Å². The van der Waals surface area contributed by atoms with E-state index < -0.39 is 30.7 Å². The summed E-state index contributed by atoms with van der Waals surface area (Å²) < 4.78 is 9.90. The first-order valence-corrected chi connectivity index (χ1v) is 4.58. The lowest BCUT2D eigenvalue weighted by atomic mass is 10.00. The Labute approximate surface area is 81.7 Å². The number of methoxy groups -OCH3 is 1. The highest BCUT2D eigenvalue weighted by Gasteiger charge is 2.43. The van der Waals surface area contributed by atoms with Crippen LogP contribution in [0.15, 0.2) is 0 Å². The van der Waals surface area contributed by atoms with E-state index in [9.17, 15) is 15.3 Å². The van der Waals surface area contributed by atoms with Crippen molar-refractivity contribution in [2.45, 2.75) is 30.7 Å². The summed E-state index contributed by atoms with van der Waals surface area (Å²) in [6.45, 7) is 0. The minimum absolute atomic E-state index is 0.255. The fourth-order valence-corrected chi connectivity index (χ4v) is 1.56. The van der Waals surface area contributed by atoms with Gasteiger partial charge in [0.25, 0.3) is 0 Å². The molecule has 0 amide bonds. The van der Waals surface area contributed by atoms with Crippen molar-refractivity contribution in [1.29, 1.82) is 0 Å². The Morgan fingerprint density at radius 1 is 1.23 bits per heavy atom. The molecule has 0 bridgehead atoms. The normalized spacial score (nSPS) is 46.4. The Morgan fingerprint density at radius 3 is 2.31 bits per heavy atom. The highest BCUT2D eigenvalue weighted by atomic mass is 32.1. The van der Waals surface area contributed by atoms with Crippen molar-refractivity contribution >= 4 is 12.6 Å². The molecule has 13 heavy (non-hydrogen) atoms. The minimum atomic E-state index is -1.25. The maximum absolute atomic E-state index is 9.38. The van der Waals surface area contributed by atoms with Gasteiger partial charge in [0.2, 0.25) is 0 Å². The van der Waals surface area contributed by atoms with Crippen LogP contribution in [-0.2, 0) is 9.47 Å². The van der Waals surface area contributed by atoms with Crippen LogP contribution < -0.4 is 0 Å². The van der Waals surface area contributed by atoms with Crippen LogP contribution in [-0.4, -0.2) is 58.9 Å². The van der Waals surface area contributed by atoms with Gasteiger partial charge in [-0.05, 0) is 0 Å². The van der Waals surface area contributed by atoms with Crippen LogP contribution in [0.3, 0.4) is 0 Å². The molecule has 3 N–H and O–H groups in total. The van der Waals surface area contributed by atoms with E-state index in [0.29, 0.717) is 0 Å². The average molecular weight is 210 g/mol. The molecule has 6 heteroatoms. The summed E-state index contributed by atoms with van der Waals surface area (Å²) in [5.74, 6) is 0.255. The number of aliphatic hydroxyl groups is 3. The quantitative estimate of drug-likeness (QED) is 0.412. The SMILES string of the molecule is COC1OC(CS)[C@H](O)C(O)C1O. The van der Waals surface area contributed by atoms with Crippen molar-refractivity contribution in [2.75, 3.05) is 12.9 Å². The van der Waals surface area contributed by atoms with Gasteiger partial charge in [-0.2, -0.15) is 12.6 Å². The van der Waals surface area contributed by atoms with Crippen LogP contribution in [0.2, 0.25) is 0 Å².